The van der Waals surface area contributed by atoms with Gasteiger partial charge in [0.1, 0.15) is 5.58 Å². The molecule has 2 aliphatic carbocycles. The van der Waals surface area contributed by atoms with Crippen molar-refractivity contribution in [3.8, 4) is 0 Å². The first kappa shape index (κ1) is 20.0. The van der Waals surface area contributed by atoms with Gasteiger partial charge in [0.15, 0.2) is 6.10 Å². The Balaban J connectivity index is 1.40. The number of hydrogen-bond donors (Lipinski definition) is 1. The number of benzene rings is 1. The summed E-state index contributed by atoms with van der Waals surface area (Å²) in [5, 5.41) is 3.87. The zero-order valence-corrected chi connectivity index (χ0v) is 17.3. The summed E-state index contributed by atoms with van der Waals surface area (Å²) in [5.74, 6) is 1.26. The number of amides is 1. The molecule has 2 aromatic rings. The predicted octanol–water partition coefficient (Wildman–Crippen LogP) is 4.07. The van der Waals surface area contributed by atoms with E-state index in [4.69, 9.17) is 13.9 Å². The highest BCUT2D eigenvalue weighted by Crippen LogP contribution is 2.49. The van der Waals surface area contributed by atoms with Gasteiger partial charge < -0.3 is 19.2 Å². The molecule has 0 saturated heterocycles. The predicted molar refractivity (Wildman–Crippen MR) is 108 cm³/mol. The third-order valence-electron chi connectivity index (χ3n) is 6.63. The minimum atomic E-state index is -0.896. The number of methoxy groups -OCH3 is 1. The maximum absolute atomic E-state index is 12.7. The van der Waals surface area contributed by atoms with E-state index in [-0.39, 0.29) is 24.3 Å². The molecule has 0 radical (unpaired) electrons. The topological polar surface area (TPSA) is 77.8 Å². The van der Waals surface area contributed by atoms with Crippen LogP contribution in [0.15, 0.2) is 28.7 Å². The number of nitrogens with one attached hydrogen (secondary N) is 1. The molecular formula is C23H29NO5. The molecule has 5 atom stereocenters. The van der Waals surface area contributed by atoms with Crippen LogP contribution in [-0.2, 0) is 20.9 Å². The summed E-state index contributed by atoms with van der Waals surface area (Å²) in [6.07, 6.45) is 4.20. The van der Waals surface area contributed by atoms with Gasteiger partial charge in [0.05, 0.1) is 6.61 Å². The number of fused-ring (bicyclic) bond motifs is 3. The number of rotatable bonds is 7. The SMILES string of the molecule is COCc1c(C(=O)O[C@H](C)C(=O)N[C@H](C)[C@H]2C[C@H]3CC[C@H]2C3)oc2ccccc12. The molecule has 1 amide bonds. The fourth-order valence-corrected chi connectivity index (χ4v) is 5.17. The van der Waals surface area contributed by atoms with Crippen LogP contribution in [0.1, 0.15) is 55.6 Å². The van der Waals surface area contributed by atoms with Crippen molar-refractivity contribution < 1.29 is 23.5 Å². The molecule has 1 heterocycles. The summed E-state index contributed by atoms with van der Waals surface area (Å²) in [6.45, 7) is 3.89. The Morgan fingerprint density at radius 3 is 2.69 bits per heavy atom. The summed E-state index contributed by atoms with van der Waals surface area (Å²) in [5.41, 5.74) is 1.23. The Morgan fingerprint density at radius 1 is 1.21 bits per heavy atom. The number of para-hydroxylation sites is 1. The Morgan fingerprint density at radius 2 is 2.00 bits per heavy atom. The van der Waals surface area contributed by atoms with Gasteiger partial charge in [0, 0.05) is 24.1 Å². The van der Waals surface area contributed by atoms with Crippen LogP contribution in [0, 0.1) is 17.8 Å². The lowest BCUT2D eigenvalue weighted by Crippen LogP contribution is -2.45. The third-order valence-corrected chi connectivity index (χ3v) is 6.63. The van der Waals surface area contributed by atoms with E-state index in [1.807, 2.05) is 18.2 Å². The van der Waals surface area contributed by atoms with Crippen molar-refractivity contribution in [1.29, 1.82) is 0 Å². The first-order chi connectivity index (χ1) is 14.0. The van der Waals surface area contributed by atoms with Crippen molar-refractivity contribution in [1.82, 2.24) is 5.32 Å². The van der Waals surface area contributed by atoms with Crippen molar-refractivity contribution in [2.45, 2.75) is 58.3 Å². The van der Waals surface area contributed by atoms with E-state index < -0.39 is 12.1 Å². The Hall–Kier alpha value is -2.34. The summed E-state index contributed by atoms with van der Waals surface area (Å²) in [7, 11) is 1.56. The molecule has 2 saturated carbocycles. The second kappa shape index (κ2) is 8.19. The maximum atomic E-state index is 12.7. The zero-order chi connectivity index (χ0) is 20.5. The molecule has 2 bridgehead atoms. The smallest absolute Gasteiger partial charge is 0.375 e. The van der Waals surface area contributed by atoms with Crippen LogP contribution in [0.2, 0.25) is 0 Å². The van der Waals surface area contributed by atoms with Gasteiger partial charge in [-0.25, -0.2) is 4.79 Å². The van der Waals surface area contributed by atoms with Crippen LogP contribution in [0.3, 0.4) is 0 Å². The van der Waals surface area contributed by atoms with Gasteiger partial charge in [-0.3, -0.25) is 4.79 Å². The molecule has 6 nitrogen and oxygen atoms in total. The van der Waals surface area contributed by atoms with Gasteiger partial charge >= 0.3 is 5.97 Å². The number of carbonyl (C=O) groups excluding carboxylic acids is 2. The highest BCUT2D eigenvalue weighted by Gasteiger charge is 2.42. The van der Waals surface area contributed by atoms with Crippen LogP contribution in [-0.4, -0.2) is 31.1 Å². The van der Waals surface area contributed by atoms with Crippen LogP contribution in [0.5, 0.6) is 0 Å². The Labute approximate surface area is 170 Å². The molecule has 2 fully saturated rings. The molecule has 6 heteroatoms. The quantitative estimate of drug-likeness (QED) is 0.710. The molecule has 29 heavy (non-hydrogen) atoms. The summed E-state index contributed by atoms with van der Waals surface area (Å²) in [4.78, 5) is 25.3. The minimum Gasteiger partial charge on any atom is -0.449 e. The highest BCUT2D eigenvalue weighted by atomic mass is 16.6. The lowest BCUT2D eigenvalue weighted by atomic mass is 9.84. The van der Waals surface area contributed by atoms with Crippen LogP contribution >= 0.6 is 0 Å². The molecule has 2 aliphatic rings. The average Bonchev–Trinajstić information content (AvgIpc) is 3.42. The fraction of sp³-hybridized carbons (Fsp3) is 0.565. The number of ether oxygens (including phenoxy) is 2. The monoisotopic (exact) mass is 399 g/mol. The number of hydrogen-bond acceptors (Lipinski definition) is 5. The fourth-order valence-electron chi connectivity index (χ4n) is 5.17. The van der Waals surface area contributed by atoms with E-state index in [9.17, 15) is 9.59 Å². The first-order valence-corrected chi connectivity index (χ1v) is 10.5. The van der Waals surface area contributed by atoms with Crippen LogP contribution in [0.25, 0.3) is 11.0 Å². The summed E-state index contributed by atoms with van der Waals surface area (Å²) in [6, 6.07) is 7.47. The molecule has 0 aliphatic heterocycles. The lowest BCUT2D eigenvalue weighted by Gasteiger charge is -2.29. The van der Waals surface area contributed by atoms with Gasteiger partial charge in [0.2, 0.25) is 5.76 Å². The molecule has 1 aromatic carbocycles. The highest BCUT2D eigenvalue weighted by molar-refractivity contribution is 5.97. The van der Waals surface area contributed by atoms with E-state index in [0.717, 1.165) is 17.2 Å². The van der Waals surface area contributed by atoms with E-state index in [1.165, 1.54) is 25.7 Å². The molecule has 1 aromatic heterocycles. The first-order valence-electron chi connectivity index (χ1n) is 10.5. The molecule has 1 N–H and O–H groups in total. The second-order valence-electron chi connectivity index (χ2n) is 8.52. The number of furan rings is 1. The summed E-state index contributed by atoms with van der Waals surface area (Å²) < 4.78 is 16.4. The van der Waals surface area contributed by atoms with E-state index >= 15 is 0 Å². The minimum absolute atomic E-state index is 0.0915. The van der Waals surface area contributed by atoms with E-state index in [0.29, 0.717) is 17.1 Å². The molecule has 0 spiro atoms. The van der Waals surface area contributed by atoms with Crippen molar-refractivity contribution in [2.24, 2.45) is 17.8 Å². The average molecular weight is 399 g/mol. The van der Waals surface area contributed by atoms with Crippen molar-refractivity contribution >= 4 is 22.8 Å². The number of esters is 1. The number of carbonyl (C=O) groups is 2. The second-order valence-corrected chi connectivity index (χ2v) is 8.52. The Kier molecular flexibility index (Phi) is 5.63. The van der Waals surface area contributed by atoms with Gasteiger partial charge in [-0.15, -0.1) is 0 Å². The molecule has 4 rings (SSSR count). The molecule has 0 unspecified atom stereocenters. The largest absolute Gasteiger partial charge is 0.449 e. The third kappa shape index (κ3) is 3.90. The van der Waals surface area contributed by atoms with Gasteiger partial charge in [-0.05, 0) is 56.9 Å². The molecule has 156 valence electrons. The van der Waals surface area contributed by atoms with Crippen LogP contribution < -0.4 is 5.32 Å². The van der Waals surface area contributed by atoms with E-state index in [2.05, 4.69) is 12.2 Å². The van der Waals surface area contributed by atoms with Crippen molar-refractivity contribution in [3.63, 3.8) is 0 Å². The zero-order valence-electron chi connectivity index (χ0n) is 17.3. The summed E-state index contributed by atoms with van der Waals surface area (Å²) >= 11 is 0. The lowest BCUT2D eigenvalue weighted by molar-refractivity contribution is -0.130. The van der Waals surface area contributed by atoms with E-state index in [1.54, 1.807) is 20.1 Å². The Bertz CT molecular complexity index is 904. The van der Waals surface area contributed by atoms with Crippen LogP contribution in [0.4, 0.5) is 0 Å². The maximum Gasteiger partial charge on any atom is 0.375 e. The van der Waals surface area contributed by atoms with Gasteiger partial charge in [-0.2, -0.15) is 0 Å². The van der Waals surface area contributed by atoms with Gasteiger partial charge in [0.25, 0.3) is 5.91 Å². The van der Waals surface area contributed by atoms with Crippen molar-refractivity contribution in [3.05, 3.63) is 35.6 Å². The van der Waals surface area contributed by atoms with Crippen molar-refractivity contribution in [2.75, 3.05) is 7.11 Å². The molecular weight excluding hydrogens is 370 g/mol. The standard InChI is InChI=1S/C23H29NO5/c1-13(18-11-15-8-9-16(18)10-15)24-22(25)14(2)28-23(26)21-19(12-27-3)17-6-4-5-7-20(17)29-21/h4-7,13-16,18H,8-12H2,1-3H3,(H,24,25)/t13-,14-,15+,16+,18-/m1/s1. The van der Waals surface area contributed by atoms with Gasteiger partial charge in [-0.1, -0.05) is 24.6 Å². The normalized spacial score (nSPS) is 25.1.